The molecule has 2 N–H and O–H groups in total. The van der Waals surface area contributed by atoms with Crippen LogP contribution in [0.4, 0.5) is 5.69 Å². The standard InChI is InChI=1S/C14H11Cl2N3O2/c15-9-1-3-11(4-2-9)19-13(20)8-18-14(21)12-7-10(16)5-6-17-12/h1-7H,8H2,(H,18,21)(H,19,20). The zero-order valence-electron chi connectivity index (χ0n) is 10.8. The largest absolute Gasteiger partial charge is 0.342 e. The number of halogens is 2. The summed E-state index contributed by atoms with van der Waals surface area (Å²) < 4.78 is 0. The van der Waals surface area contributed by atoms with Crippen LogP contribution in [0.2, 0.25) is 10.0 Å². The van der Waals surface area contributed by atoms with Crippen LogP contribution in [0.3, 0.4) is 0 Å². The molecule has 0 saturated heterocycles. The molecule has 0 bridgehead atoms. The highest BCUT2D eigenvalue weighted by atomic mass is 35.5. The molecule has 21 heavy (non-hydrogen) atoms. The van der Waals surface area contributed by atoms with Crippen molar-refractivity contribution in [3.05, 3.63) is 58.3 Å². The van der Waals surface area contributed by atoms with Gasteiger partial charge < -0.3 is 10.6 Å². The number of benzene rings is 1. The van der Waals surface area contributed by atoms with Crippen LogP contribution in [0.25, 0.3) is 0 Å². The molecule has 1 heterocycles. The van der Waals surface area contributed by atoms with Crippen LogP contribution in [0.1, 0.15) is 10.5 Å². The van der Waals surface area contributed by atoms with Gasteiger partial charge in [-0.2, -0.15) is 0 Å². The first-order valence-electron chi connectivity index (χ1n) is 6.00. The average molecular weight is 324 g/mol. The zero-order valence-corrected chi connectivity index (χ0v) is 12.3. The number of nitrogens with one attached hydrogen (secondary N) is 2. The molecule has 108 valence electrons. The van der Waals surface area contributed by atoms with E-state index >= 15 is 0 Å². The quantitative estimate of drug-likeness (QED) is 0.908. The average Bonchev–Trinajstić information content (AvgIpc) is 2.47. The fourth-order valence-electron chi connectivity index (χ4n) is 1.52. The minimum atomic E-state index is -0.469. The molecule has 2 aromatic rings. The number of carbonyl (C=O) groups is 2. The van der Waals surface area contributed by atoms with Crippen molar-refractivity contribution < 1.29 is 9.59 Å². The zero-order chi connectivity index (χ0) is 15.2. The third-order valence-electron chi connectivity index (χ3n) is 2.49. The van der Waals surface area contributed by atoms with Crippen molar-refractivity contribution in [2.24, 2.45) is 0 Å². The lowest BCUT2D eigenvalue weighted by atomic mass is 10.3. The summed E-state index contributed by atoms with van der Waals surface area (Å²) in [5.41, 5.74) is 0.751. The summed E-state index contributed by atoms with van der Waals surface area (Å²) in [6.45, 7) is -0.171. The minimum absolute atomic E-state index is 0.154. The van der Waals surface area contributed by atoms with E-state index < -0.39 is 5.91 Å². The van der Waals surface area contributed by atoms with Gasteiger partial charge >= 0.3 is 0 Å². The first-order valence-corrected chi connectivity index (χ1v) is 6.75. The van der Waals surface area contributed by atoms with E-state index in [1.165, 1.54) is 12.3 Å². The predicted molar refractivity (Wildman–Crippen MR) is 81.7 cm³/mol. The highest BCUT2D eigenvalue weighted by molar-refractivity contribution is 6.31. The summed E-state index contributed by atoms with van der Waals surface area (Å²) in [6, 6.07) is 9.64. The number of nitrogens with zero attached hydrogens (tertiary/aromatic N) is 1. The number of pyridine rings is 1. The van der Waals surface area contributed by atoms with E-state index in [9.17, 15) is 9.59 Å². The van der Waals surface area contributed by atoms with Gasteiger partial charge in [0, 0.05) is 21.9 Å². The van der Waals surface area contributed by atoms with E-state index in [0.717, 1.165) is 0 Å². The minimum Gasteiger partial charge on any atom is -0.342 e. The molecule has 0 aliphatic rings. The molecule has 7 heteroatoms. The molecule has 0 fully saturated rings. The van der Waals surface area contributed by atoms with E-state index in [1.807, 2.05) is 0 Å². The monoisotopic (exact) mass is 323 g/mol. The normalized spacial score (nSPS) is 10.0. The number of anilines is 1. The first-order chi connectivity index (χ1) is 10.0. The lowest BCUT2D eigenvalue weighted by Gasteiger charge is -2.07. The fourth-order valence-corrected chi connectivity index (χ4v) is 1.80. The maximum absolute atomic E-state index is 11.8. The van der Waals surface area contributed by atoms with E-state index in [1.54, 1.807) is 30.3 Å². The van der Waals surface area contributed by atoms with Gasteiger partial charge in [-0.1, -0.05) is 23.2 Å². The highest BCUT2D eigenvalue weighted by Gasteiger charge is 2.09. The summed E-state index contributed by atoms with van der Waals surface area (Å²) in [6.07, 6.45) is 1.42. The Balaban J connectivity index is 1.86. The molecule has 5 nitrogen and oxygen atoms in total. The highest BCUT2D eigenvalue weighted by Crippen LogP contribution is 2.13. The maximum Gasteiger partial charge on any atom is 0.270 e. The number of amides is 2. The van der Waals surface area contributed by atoms with Gasteiger partial charge in [-0.3, -0.25) is 14.6 Å². The molecule has 0 atom stereocenters. The second kappa shape index (κ2) is 7.06. The fraction of sp³-hybridized carbons (Fsp3) is 0.0714. The van der Waals surface area contributed by atoms with Gasteiger partial charge in [-0.25, -0.2) is 0 Å². The topological polar surface area (TPSA) is 71.1 Å². The Labute approximate surface area is 131 Å². The molecule has 0 aliphatic heterocycles. The van der Waals surface area contributed by atoms with Crippen molar-refractivity contribution in [1.82, 2.24) is 10.3 Å². The number of rotatable bonds is 4. The number of carbonyl (C=O) groups excluding carboxylic acids is 2. The lowest BCUT2D eigenvalue weighted by Crippen LogP contribution is -2.33. The van der Waals surface area contributed by atoms with Crippen molar-refractivity contribution in [2.45, 2.75) is 0 Å². The Morgan fingerprint density at radius 1 is 1.05 bits per heavy atom. The lowest BCUT2D eigenvalue weighted by molar-refractivity contribution is -0.115. The summed E-state index contributed by atoms with van der Waals surface area (Å²) >= 11 is 11.5. The summed E-state index contributed by atoms with van der Waals surface area (Å²) in [5, 5.41) is 6.07. The SMILES string of the molecule is O=C(CNC(=O)c1cc(Cl)ccn1)Nc1ccc(Cl)cc1. The second-order valence-corrected chi connectivity index (χ2v) is 4.97. The van der Waals surface area contributed by atoms with E-state index in [-0.39, 0.29) is 18.1 Å². The van der Waals surface area contributed by atoms with Crippen LogP contribution >= 0.6 is 23.2 Å². The van der Waals surface area contributed by atoms with Gasteiger partial charge in [-0.05, 0) is 36.4 Å². The van der Waals surface area contributed by atoms with Crippen LogP contribution in [-0.4, -0.2) is 23.3 Å². The molecular weight excluding hydrogens is 313 g/mol. The van der Waals surface area contributed by atoms with Crippen molar-refractivity contribution in [1.29, 1.82) is 0 Å². The molecule has 0 radical (unpaired) electrons. The Hall–Kier alpha value is -2.11. The van der Waals surface area contributed by atoms with Crippen molar-refractivity contribution in [3.8, 4) is 0 Å². The molecule has 1 aromatic heterocycles. The van der Waals surface area contributed by atoms with Gasteiger partial charge in [0.05, 0.1) is 6.54 Å². The summed E-state index contributed by atoms with van der Waals surface area (Å²) in [5.74, 6) is -0.823. The van der Waals surface area contributed by atoms with Gasteiger partial charge in [0.25, 0.3) is 5.91 Å². The Bertz CT molecular complexity index is 660. The number of hydrogen-bond acceptors (Lipinski definition) is 3. The van der Waals surface area contributed by atoms with E-state index in [4.69, 9.17) is 23.2 Å². The molecule has 2 amide bonds. The Kier molecular flexibility index (Phi) is 5.14. The third-order valence-corrected chi connectivity index (χ3v) is 2.98. The molecule has 1 aromatic carbocycles. The van der Waals surface area contributed by atoms with E-state index in [0.29, 0.717) is 15.7 Å². The smallest absolute Gasteiger partial charge is 0.270 e. The first kappa shape index (κ1) is 15.3. The van der Waals surface area contributed by atoms with Crippen LogP contribution in [0.15, 0.2) is 42.6 Å². The van der Waals surface area contributed by atoms with Crippen LogP contribution in [0.5, 0.6) is 0 Å². The molecular formula is C14H11Cl2N3O2. The van der Waals surface area contributed by atoms with Crippen LogP contribution < -0.4 is 10.6 Å². The maximum atomic E-state index is 11.8. The van der Waals surface area contributed by atoms with E-state index in [2.05, 4.69) is 15.6 Å². The summed E-state index contributed by atoms with van der Waals surface area (Å²) in [7, 11) is 0. The third kappa shape index (κ3) is 4.73. The van der Waals surface area contributed by atoms with Crippen LogP contribution in [0, 0.1) is 0 Å². The van der Waals surface area contributed by atoms with Crippen molar-refractivity contribution in [3.63, 3.8) is 0 Å². The Morgan fingerprint density at radius 3 is 2.43 bits per heavy atom. The number of aromatic nitrogens is 1. The van der Waals surface area contributed by atoms with Gasteiger partial charge in [0.1, 0.15) is 5.69 Å². The molecule has 0 unspecified atom stereocenters. The second-order valence-electron chi connectivity index (χ2n) is 4.10. The predicted octanol–water partition coefficient (Wildman–Crippen LogP) is 2.76. The summed E-state index contributed by atoms with van der Waals surface area (Å²) in [4.78, 5) is 27.3. The van der Waals surface area contributed by atoms with Crippen molar-refractivity contribution >= 4 is 40.7 Å². The van der Waals surface area contributed by atoms with Gasteiger partial charge in [-0.15, -0.1) is 0 Å². The Morgan fingerprint density at radius 2 is 1.76 bits per heavy atom. The van der Waals surface area contributed by atoms with Crippen LogP contribution in [-0.2, 0) is 4.79 Å². The van der Waals surface area contributed by atoms with Gasteiger partial charge in [0.15, 0.2) is 0 Å². The van der Waals surface area contributed by atoms with Gasteiger partial charge in [0.2, 0.25) is 5.91 Å². The molecule has 0 saturated carbocycles. The molecule has 2 rings (SSSR count). The van der Waals surface area contributed by atoms with Crippen molar-refractivity contribution in [2.75, 3.05) is 11.9 Å². The number of hydrogen-bond donors (Lipinski definition) is 2. The molecule has 0 spiro atoms. The molecule has 0 aliphatic carbocycles.